The smallest absolute Gasteiger partial charge is 0.211 e. The molecule has 0 radical (unpaired) electrons. The van der Waals surface area contributed by atoms with Crippen LogP contribution >= 0.6 is 11.6 Å². The molecule has 94 valence electrons. The van der Waals surface area contributed by atoms with E-state index in [2.05, 4.69) is 4.72 Å². The van der Waals surface area contributed by atoms with Crippen LogP contribution in [-0.2, 0) is 14.8 Å². The Kier molecular flexibility index (Phi) is 4.11. The maximum absolute atomic E-state index is 11.7. The molecule has 0 amide bonds. The fraction of sp³-hybridized carbons (Fsp3) is 1.00. The lowest BCUT2D eigenvalue weighted by molar-refractivity contribution is 0.0996. The summed E-state index contributed by atoms with van der Waals surface area (Å²) in [5.41, 5.74) is 0. The van der Waals surface area contributed by atoms with E-state index < -0.39 is 10.0 Å². The summed E-state index contributed by atoms with van der Waals surface area (Å²) in [6.45, 7) is 0. The van der Waals surface area contributed by atoms with Gasteiger partial charge in [0.2, 0.25) is 10.0 Å². The van der Waals surface area contributed by atoms with Crippen molar-refractivity contribution in [2.75, 3.05) is 11.6 Å². The minimum Gasteiger partial charge on any atom is -0.373 e. The van der Waals surface area contributed by atoms with E-state index in [0.717, 1.165) is 25.7 Å². The van der Waals surface area contributed by atoms with E-state index in [-0.39, 0.29) is 24.0 Å². The van der Waals surface area contributed by atoms with Gasteiger partial charge in [0.05, 0.1) is 24.0 Å². The third-order valence-electron chi connectivity index (χ3n) is 3.23. The standard InChI is InChI=1S/C10H18ClNO3S/c11-5-1-2-6-16(13,14)12-9-7-8-3-4-10(9)15-8/h8-10,12H,1-7H2. The summed E-state index contributed by atoms with van der Waals surface area (Å²) in [6.07, 6.45) is 4.65. The van der Waals surface area contributed by atoms with Crippen LogP contribution in [0.3, 0.4) is 0 Å². The first-order chi connectivity index (χ1) is 7.61. The van der Waals surface area contributed by atoms with Crippen molar-refractivity contribution in [3.05, 3.63) is 0 Å². The Hall–Kier alpha value is 0.160. The van der Waals surface area contributed by atoms with Crippen molar-refractivity contribution in [3.63, 3.8) is 0 Å². The molecule has 2 fully saturated rings. The number of hydrogen-bond donors (Lipinski definition) is 1. The van der Waals surface area contributed by atoms with Gasteiger partial charge in [0, 0.05) is 5.88 Å². The summed E-state index contributed by atoms with van der Waals surface area (Å²) in [6, 6.07) is -0.000230. The van der Waals surface area contributed by atoms with E-state index in [1.807, 2.05) is 0 Å². The summed E-state index contributed by atoms with van der Waals surface area (Å²) in [7, 11) is -3.15. The number of unbranched alkanes of at least 4 members (excludes halogenated alkanes) is 1. The van der Waals surface area contributed by atoms with Gasteiger partial charge in [-0.05, 0) is 32.1 Å². The molecule has 6 heteroatoms. The number of ether oxygens (including phenoxy) is 1. The molecule has 2 rings (SSSR count). The van der Waals surface area contributed by atoms with Gasteiger partial charge in [-0.2, -0.15) is 0 Å². The number of nitrogens with one attached hydrogen (secondary N) is 1. The van der Waals surface area contributed by atoms with Crippen LogP contribution in [0.4, 0.5) is 0 Å². The molecule has 0 aliphatic carbocycles. The van der Waals surface area contributed by atoms with E-state index in [1.165, 1.54) is 0 Å². The van der Waals surface area contributed by atoms with Gasteiger partial charge in [0.25, 0.3) is 0 Å². The number of fused-ring (bicyclic) bond motifs is 2. The fourth-order valence-corrected chi connectivity index (χ4v) is 4.04. The summed E-state index contributed by atoms with van der Waals surface area (Å²) in [5, 5.41) is 0. The minimum atomic E-state index is -3.15. The molecule has 2 saturated heterocycles. The molecule has 3 atom stereocenters. The number of alkyl halides is 1. The predicted molar refractivity (Wildman–Crippen MR) is 63.2 cm³/mol. The van der Waals surface area contributed by atoms with Gasteiger partial charge in [-0.1, -0.05) is 0 Å². The van der Waals surface area contributed by atoms with Crippen molar-refractivity contribution >= 4 is 21.6 Å². The molecule has 16 heavy (non-hydrogen) atoms. The quantitative estimate of drug-likeness (QED) is 0.582. The molecule has 2 aliphatic heterocycles. The van der Waals surface area contributed by atoms with E-state index >= 15 is 0 Å². The van der Waals surface area contributed by atoms with Gasteiger partial charge in [-0.3, -0.25) is 0 Å². The molecule has 1 N–H and O–H groups in total. The molecular weight excluding hydrogens is 250 g/mol. The second-order valence-corrected chi connectivity index (χ2v) is 6.80. The number of rotatable bonds is 6. The normalized spacial score (nSPS) is 33.4. The van der Waals surface area contributed by atoms with E-state index in [9.17, 15) is 8.42 Å². The first kappa shape index (κ1) is 12.6. The van der Waals surface area contributed by atoms with Gasteiger partial charge in [-0.25, -0.2) is 13.1 Å². The van der Waals surface area contributed by atoms with Gasteiger partial charge >= 0.3 is 0 Å². The Bertz CT molecular complexity index is 333. The second-order valence-electron chi connectivity index (χ2n) is 4.55. The SMILES string of the molecule is O=S(=O)(CCCCCl)NC1CC2CCC1O2. The predicted octanol–water partition coefficient (Wildman–Crippen LogP) is 1.24. The molecule has 0 aromatic heterocycles. The van der Waals surface area contributed by atoms with E-state index in [4.69, 9.17) is 16.3 Å². The molecular formula is C10H18ClNO3S. The van der Waals surface area contributed by atoms with Gasteiger partial charge in [0.15, 0.2) is 0 Å². The van der Waals surface area contributed by atoms with Crippen molar-refractivity contribution in [1.82, 2.24) is 4.72 Å². The lowest BCUT2D eigenvalue weighted by Gasteiger charge is -2.19. The highest BCUT2D eigenvalue weighted by molar-refractivity contribution is 7.89. The van der Waals surface area contributed by atoms with Crippen LogP contribution in [0.5, 0.6) is 0 Å². The zero-order chi connectivity index (χ0) is 11.6. The van der Waals surface area contributed by atoms with Crippen LogP contribution < -0.4 is 4.72 Å². The zero-order valence-electron chi connectivity index (χ0n) is 9.19. The summed E-state index contributed by atoms with van der Waals surface area (Å²) in [5.74, 6) is 0.695. The highest BCUT2D eigenvalue weighted by atomic mass is 35.5. The van der Waals surface area contributed by atoms with Crippen LogP contribution in [0.25, 0.3) is 0 Å². The highest BCUT2D eigenvalue weighted by Gasteiger charge is 2.42. The lowest BCUT2D eigenvalue weighted by atomic mass is 9.96. The maximum atomic E-state index is 11.7. The fourth-order valence-electron chi connectivity index (χ4n) is 2.44. The molecule has 2 bridgehead atoms. The van der Waals surface area contributed by atoms with Crippen LogP contribution in [-0.4, -0.2) is 38.3 Å². The van der Waals surface area contributed by atoms with Crippen molar-refractivity contribution in [3.8, 4) is 0 Å². The van der Waals surface area contributed by atoms with Crippen LogP contribution in [0, 0.1) is 0 Å². The first-order valence-electron chi connectivity index (χ1n) is 5.82. The first-order valence-corrected chi connectivity index (χ1v) is 8.01. The summed E-state index contributed by atoms with van der Waals surface area (Å²) < 4.78 is 31.8. The van der Waals surface area contributed by atoms with Crippen molar-refractivity contribution in [2.45, 2.75) is 50.4 Å². The van der Waals surface area contributed by atoms with E-state index in [1.54, 1.807) is 0 Å². The van der Waals surface area contributed by atoms with E-state index in [0.29, 0.717) is 12.3 Å². The monoisotopic (exact) mass is 267 g/mol. The Morgan fingerprint density at radius 2 is 2.12 bits per heavy atom. The third kappa shape index (κ3) is 3.09. The highest BCUT2D eigenvalue weighted by Crippen LogP contribution is 2.34. The number of sulfonamides is 1. The van der Waals surface area contributed by atoms with Crippen molar-refractivity contribution < 1.29 is 13.2 Å². The van der Waals surface area contributed by atoms with Crippen LogP contribution in [0.1, 0.15) is 32.1 Å². The summed E-state index contributed by atoms with van der Waals surface area (Å²) in [4.78, 5) is 0. The molecule has 4 nitrogen and oxygen atoms in total. The van der Waals surface area contributed by atoms with Gasteiger partial charge in [-0.15, -0.1) is 11.6 Å². The molecule has 0 aromatic carbocycles. The molecule has 0 aromatic rings. The second kappa shape index (κ2) is 5.21. The Morgan fingerprint density at radius 1 is 1.31 bits per heavy atom. The maximum Gasteiger partial charge on any atom is 0.211 e. The number of halogens is 1. The molecule has 2 aliphatic rings. The molecule has 0 spiro atoms. The average molecular weight is 268 g/mol. The Labute approximate surface area is 102 Å². The molecule has 3 unspecified atom stereocenters. The minimum absolute atomic E-state index is 0.000230. The van der Waals surface area contributed by atoms with Crippen molar-refractivity contribution in [2.24, 2.45) is 0 Å². The molecule has 2 heterocycles. The summed E-state index contributed by atoms with van der Waals surface area (Å²) >= 11 is 5.52. The van der Waals surface area contributed by atoms with Gasteiger partial charge < -0.3 is 4.74 Å². The Balaban J connectivity index is 1.80. The van der Waals surface area contributed by atoms with Crippen LogP contribution in [0.15, 0.2) is 0 Å². The van der Waals surface area contributed by atoms with Crippen molar-refractivity contribution in [1.29, 1.82) is 0 Å². The zero-order valence-corrected chi connectivity index (χ0v) is 10.8. The molecule has 0 saturated carbocycles. The Morgan fingerprint density at radius 3 is 2.69 bits per heavy atom. The largest absolute Gasteiger partial charge is 0.373 e. The lowest BCUT2D eigenvalue weighted by Crippen LogP contribution is -2.42. The number of hydrogen-bond acceptors (Lipinski definition) is 3. The third-order valence-corrected chi connectivity index (χ3v) is 4.99. The average Bonchev–Trinajstić information content (AvgIpc) is 2.78. The topological polar surface area (TPSA) is 55.4 Å². The van der Waals surface area contributed by atoms with Gasteiger partial charge in [0.1, 0.15) is 0 Å². The van der Waals surface area contributed by atoms with Crippen LogP contribution in [0.2, 0.25) is 0 Å².